The summed E-state index contributed by atoms with van der Waals surface area (Å²) in [5.74, 6) is 0. The molecule has 6 aromatic rings. The number of allylic oxidation sites excluding steroid dienone is 3. The second-order valence-electron chi connectivity index (χ2n) is 11.5. The summed E-state index contributed by atoms with van der Waals surface area (Å²) in [6, 6.07) is 53.8. The van der Waals surface area contributed by atoms with E-state index in [2.05, 4.69) is 146 Å². The smallest absolute Gasteiger partial charge is 0.0201 e. The normalized spacial score (nSPS) is 15.5. The largest absolute Gasteiger partial charge is 0.0888 e. The van der Waals surface area contributed by atoms with Crippen LogP contribution in [0.5, 0.6) is 0 Å². The lowest BCUT2D eigenvalue weighted by molar-refractivity contribution is 1.28. The minimum Gasteiger partial charge on any atom is -0.0888 e. The molecule has 0 nitrogen and oxygen atoms in total. The van der Waals surface area contributed by atoms with Gasteiger partial charge in [0, 0.05) is 29.4 Å². The summed E-state index contributed by atoms with van der Waals surface area (Å²) in [4.78, 5) is 7.91. The monoisotopic (exact) mass is 624 g/mol. The first-order valence-electron chi connectivity index (χ1n) is 15.2. The van der Waals surface area contributed by atoms with Crippen molar-refractivity contribution < 1.29 is 0 Å². The van der Waals surface area contributed by atoms with Gasteiger partial charge >= 0.3 is 0 Å². The van der Waals surface area contributed by atoms with Gasteiger partial charge in [-0.1, -0.05) is 144 Å². The van der Waals surface area contributed by atoms with Crippen LogP contribution in [0.1, 0.15) is 33.4 Å². The molecule has 0 spiro atoms. The second kappa shape index (κ2) is 10.1. The zero-order valence-electron chi connectivity index (χ0n) is 24.1. The van der Waals surface area contributed by atoms with E-state index in [4.69, 9.17) is 0 Å². The van der Waals surface area contributed by atoms with Crippen LogP contribution in [0.3, 0.4) is 0 Å². The second-order valence-corrected chi connectivity index (χ2v) is 14.8. The number of benzene rings is 6. The van der Waals surface area contributed by atoms with Crippen LogP contribution in [0.15, 0.2) is 192 Å². The molecule has 1 fully saturated rings. The molecule has 3 aliphatic heterocycles. The number of fused-ring (bicyclic) bond motifs is 6. The van der Waals surface area contributed by atoms with E-state index < -0.39 is 0 Å². The van der Waals surface area contributed by atoms with E-state index in [9.17, 15) is 0 Å². The Bertz CT molecular complexity index is 1930. The summed E-state index contributed by atoms with van der Waals surface area (Å²) < 4.78 is 0. The summed E-state index contributed by atoms with van der Waals surface area (Å²) in [5.41, 5.74) is 16.1. The van der Waals surface area contributed by atoms with E-state index in [1.807, 2.05) is 35.3 Å². The summed E-state index contributed by atoms with van der Waals surface area (Å²) in [6.45, 7) is 0. The van der Waals surface area contributed by atoms with Crippen LogP contribution in [0, 0.1) is 0 Å². The quantitative estimate of drug-likeness (QED) is 0.165. The van der Waals surface area contributed by atoms with Gasteiger partial charge in [-0.05, 0) is 103 Å². The maximum absolute atomic E-state index is 2.32. The molecule has 0 atom stereocenters. The molecule has 1 aliphatic carbocycles. The molecule has 4 aliphatic rings. The third-order valence-electron chi connectivity index (χ3n) is 9.04. The molecule has 45 heavy (non-hydrogen) atoms. The average Bonchev–Trinajstić information content (AvgIpc) is 3.81. The van der Waals surface area contributed by atoms with Crippen molar-refractivity contribution in [1.29, 1.82) is 0 Å². The van der Waals surface area contributed by atoms with Crippen LogP contribution in [-0.4, -0.2) is 0 Å². The van der Waals surface area contributed by atoms with Gasteiger partial charge in [-0.15, -0.1) is 0 Å². The van der Waals surface area contributed by atoms with Crippen molar-refractivity contribution in [2.75, 3.05) is 0 Å². The molecular weight excluding hydrogens is 601 g/mol. The van der Waals surface area contributed by atoms with Crippen LogP contribution < -0.4 is 0 Å². The van der Waals surface area contributed by atoms with Crippen LogP contribution in [0.4, 0.5) is 0 Å². The molecule has 0 radical (unpaired) electrons. The summed E-state index contributed by atoms with van der Waals surface area (Å²) in [6.07, 6.45) is 0. The molecule has 210 valence electrons. The molecule has 0 amide bonds. The molecule has 0 unspecified atom stereocenters. The fourth-order valence-corrected chi connectivity index (χ4v) is 10.4. The van der Waals surface area contributed by atoms with E-state index in [-0.39, 0.29) is 0 Å². The Morgan fingerprint density at radius 1 is 0.200 bits per heavy atom. The van der Waals surface area contributed by atoms with Gasteiger partial charge in [0.25, 0.3) is 0 Å². The van der Waals surface area contributed by atoms with Crippen molar-refractivity contribution >= 4 is 52.0 Å². The Labute approximate surface area is 275 Å². The average molecular weight is 625 g/mol. The maximum Gasteiger partial charge on any atom is 0.0201 e. The van der Waals surface area contributed by atoms with Crippen LogP contribution in [0.2, 0.25) is 0 Å². The van der Waals surface area contributed by atoms with Crippen LogP contribution in [-0.2, 0) is 0 Å². The van der Waals surface area contributed by atoms with Gasteiger partial charge in [-0.3, -0.25) is 0 Å². The summed E-state index contributed by atoms with van der Waals surface area (Å²) in [5, 5.41) is 0. The zero-order chi connectivity index (χ0) is 29.5. The van der Waals surface area contributed by atoms with Crippen LogP contribution in [0.25, 0.3) is 16.7 Å². The van der Waals surface area contributed by atoms with Gasteiger partial charge in [-0.2, -0.15) is 0 Å². The predicted octanol–water partition coefficient (Wildman–Crippen LogP) is 11.9. The molecule has 0 aromatic heterocycles. The third-order valence-corrected chi connectivity index (χ3v) is 12.5. The Morgan fingerprint density at radius 3 is 0.578 bits per heavy atom. The highest BCUT2D eigenvalue weighted by atomic mass is 32.2. The van der Waals surface area contributed by atoms with Crippen molar-refractivity contribution in [2.45, 2.75) is 29.4 Å². The standard InChI is InChI=1S/C42H24S3/c1-7-19-31-25(13-1)37(26-14-2-8-20-32(26)43-31)40-41(38-27-15-3-9-21-33(27)44-34-22-10-4-16-28(34)38)42(40)39-29-17-5-11-23-35(29)45-36-24-12-6-18-30(36)39/h1-24H. The first kappa shape index (κ1) is 25.9. The Hall–Kier alpha value is -4.41. The molecule has 3 heterocycles. The molecule has 1 saturated carbocycles. The van der Waals surface area contributed by atoms with E-state index in [0.717, 1.165) is 0 Å². The van der Waals surface area contributed by atoms with Gasteiger partial charge in [0.05, 0.1) is 0 Å². The number of hydrogen-bond acceptors (Lipinski definition) is 3. The van der Waals surface area contributed by atoms with Gasteiger partial charge in [0.15, 0.2) is 0 Å². The lowest BCUT2D eigenvalue weighted by Gasteiger charge is -2.23. The Morgan fingerprint density at radius 2 is 0.378 bits per heavy atom. The maximum atomic E-state index is 2.32. The van der Waals surface area contributed by atoms with E-state index in [1.54, 1.807) is 0 Å². The predicted molar refractivity (Wildman–Crippen MR) is 189 cm³/mol. The first-order valence-corrected chi connectivity index (χ1v) is 17.6. The van der Waals surface area contributed by atoms with Crippen molar-refractivity contribution in [1.82, 2.24) is 0 Å². The molecule has 3 heteroatoms. The Kier molecular flexibility index (Phi) is 5.78. The highest BCUT2D eigenvalue weighted by Gasteiger charge is 2.45. The van der Waals surface area contributed by atoms with Gasteiger partial charge in [0.2, 0.25) is 0 Å². The van der Waals surface area contributed by atoms with E-state index in [1.165, 1.54) is 96.2 Å². The third kappa shape index (κ3) is 3.91. The molecule has 10 rings (SSSR count). The summed E-state index contributed by atoms with van der Waals surface area (Å²) in [7, 11) is 0. The van der Waals surface area contributed by atoms with Gasteiger partial charge in [0.1, 0.15) is 0 Å². The lowest BCUT2D eigenvalue weighted by Crippen LogP contribution is -2.00. The van der Waals surface area contributed by atoms with Gasteiger partial charge in [-0.25, -0.2) is 0 Å². The van der Waals surface area contributed by atoms with E-state index in [0.29, 0.717) is 0 Å². The van der Waals surface area contributed by atoms with Crippen molar-refractivity contribution in [3.8, 4) is 0 Å². The zero-order valence-corrected chi connectivity index (χ0v) is 26.5. The Balaban J connectivity index is 1.42. The molecular formula is C42H24S3. The topological polar surface area (TPSA) is 0 Å². The van der Waals surface area contributed by atoms with E-state index >= 15 is 0 Å². The highest BCUT2D eigenvalue weighted by molar-refractivity contribution is 8.00. The number of rotatable bonds is 0. The fraction of sp³-hybridized carbons (Fsp3) is 0. The first-order chi connectivity index (χ1) is 22.3. The minimum atomic E-state index is 1.32. The molecule has 0 saturated heterocycles. The minimum absolute atomic E-state index is 1.32. The highest BCUT2D eigenvalue weighted by Crippen LogP contribution is 2.64. The van der Waals surface area contributed by atoms with Gasteiger partial charge < -0.3 is 0 Å². The van der Waals surface area contributed by atoms with Crippen LogP contribution >= 0.6 is 35.3 Å². The lowest BCUT2D eigenvalue weighted by atomic mass is 9.93. The SMILES string of the molecule is c1ccc2c(c1)Sc1ccccc1C2=C1C(=C2c3ccccc3Sc3ccccc32)C1=C1c2ccccc2Sc2ccccc21. The molecule has 6 aromatic carbocycles. The fourth-order valence-electron chi connectivity index (χ4n) is 7.11. The van der Waals surface area contributed by atoms with Crippen molar-refractivity contribution in [3.63, 3.8) is 0 Å². The molecule has 0 N–H and O–H groups in total. The summed E-state index contributed by atoms with van der Waals surface area (Å²) >= 11 is 5.66. The van der Waals surface area contributed by atoms with Crippen molar-refractivity contribution in [3.05, 3.63) is 196 Å². The number of hydrogen-bond donors (Lipinski definition) is 0. The van der Waals surface area contributed by atoms with Crippen molar-refractivity contribution in [2.24, 2.45) is 0 Å². The molecule has 0 bridgehead atoms.